The molecule has 0 saturated carbocycles. The minimum Gasteiger partial charge on any atom is -0.485 e. The van der Waals surface area contributed by atoms with Gasteiger partial charge in [-0.3, -0.25) is 0 Å². The number of methoxy groups -OCH3 is 1. The van der Waals surface area contributed by atoms with Crippen LogP contribution in [0.15, 0.2) is 0 Å². The number of rotatable bonds is 1. The number of hydrogen-bond donors (Lipinski definition) is 0. The molecule has 5 heteroatoms. The average Bonchev–Trinajstić information content (AvgIpc) is 2.30. The third-order valence-corrected chi connectivity index (χ3v) is 2.17. The molecule has 0 aromatic carbocycles. The van der Waals surface area contributed by atoms with Crippen molar-refractivity contribution in [3.63, 3.8) is 0 Å². The van der Waals surface area contributed by atoms with Crippen LogP contribution >= 0.6 is 23.1 Å². The van der Waals surface area contributed by atoms with Gasteiger partial charge in [-0.05, 0) is 0 Å². The Morgan fingerprint density at radius 3 is 2.80 bits per heavy atom. The first-order valence-corrected chi connectivity index (χ1v) is 3.54. The number of nitrogens with zero attached hydrogens (tertiary/aromatic N) is 2. The molecular formula is C5H3ClN2OS. The molecule has 1 rings (SSSR count). The highest BCUT2D eigenvalue weighted by Gasteiger charge is 2.10. The van der Waals surface area contributed by atoms with Gasteiger partial charge in [0, 0.05) is 11.5 Å². The van der Waals surface area contributed by atoms with Crippen LogP contribution in [-0.2, 0) is 0 Å². The highest BCUT2D eigenvalue weighted by atomic mass is 35.5. The number of aromatic nitrogens is 1. The number of ether oxygens (including phenoxy) is 1. The van der Waals surface area contributed by atoms with E-state index in [2.05, 4.69) is 4.37 Å². The molecule has 0 aliphatic heterocycles. The Bertz CT molecular complexity index is 278. The Kier molecular flexibility index (Phi) is 2.10. The molecule has 0 unspecified atom stereocenters. The summed E-state index contributed by atoms with van der Waals surface area (Å²) in [5.41, 5.74) is 0.225. The fourth-order valence-corrected chi connectivity index (χ4v) is 1.33. The Morgan fingerprint density at radius 1 is 1.80 bits per heavy atom. The van der Waals surface area contributed by atoms with E-state index in [9.17, 15) is 0 Å². The van der Waals surface area contributed by atoms with E-state index in [0.717, 1.165) is 11.5 Å². The average molecular weight is 175 g/mol. The zero-order valence-corrected chi connectivity index (χ0v) is 6.66. The van der Waals surface area contributed by atoms with Gasteiger partial charge in [0.25, 0.3) is 0 Å². The highest BCUT2D eigenvalue weighted by molar-refractivity contribution is 7.08. The van der Waals surface area contributed by atoms with E-state index in [0.29, 0.717) is 10.1 Å². The summed E-state index contributed by atoms with van der Waals surface area (Å²) in [6.07, 6.45) is 0. The number of nitriles is 1. The van der Waals surface area contributed by atoms with Crippen LogP contribution in [0, 0.1) is 11.3 Å². The standard InChI is InChI=1S/C5H3ClN2OS/c1-9-5-4(6)3(2-7)8-10-5/h1H3. The van der Waals surface area contributed by atoms with E-state index < -0.39 is 0 Å². The molecule has 0 N–H and O–H groups in total. The lowest BCUT2D eigenvalue weighted by atomic mass is 10.5. The van der Waals surface area contributed by atoms with Crippen molar-refractivity contribution in [1.82, 2.24) is 4.37 Å². The zero-order valence-electron chi connectivity index (χ0n) is 5.09. The first-order valence-electron chi connectivity index (χ1n) is 2.39. The van der Waals surface area contributed by atoms with Crippen LogP contribution < -0.4 is 4.74 Å². The summed E-state index contributed by atoms with van der Waals surface area (Å²) in [7, 11) is 1.49. The minimum atomic E-state index is 0.225. The van der Waals surface area contributed by atoms with Gasteiger partial charge in [-0.1, -0.05) is 11.6 Å². The third-order valence-electron chi connectivity index (χ3n) is 0.898. The van der Waals surface area contributed by atoms with Crippen LogP contribution in [-0.4, -0.2) is 11.5 Å². The molecule has 0 fully saturated rings. The van der Waals surface area contributed by atoms with Crippen molar-refractivity contribution in [3.05, 3.63) is 10.7 Å². The van der Waals surface area contributed by atoms with Crippen molar-refractivity contribution < 1.29 is 4.74 Å². The van der Waals surface area contributed by atoms with Gasteiger partial charge >= 0.3 is 0 Å². The molecular weight excluding hydrogens is 172 g/mol. The zero-order chi connectivity index (χ0) is 7.56. The summed E-state index contributed by atoms with van der Waals surface area (Å²) in [6, 6.07) is 1.84. The Balaban J connectivity index is 3.12. The van der Waals surface area contributed by atoms with Crippen LogP contribution in [0.3, 0.4) is 0 Å². The molecule has 10 heavy (non-hydrogen) atoms. The summed E-state index contributed by atoms with van der Waals surface area (Å²) in [6.45, 7) is 0. The Hall–Kier alpha value is -0.790. The van der Waals surface area contributed by atoms with Crippen molar-refractivity contribution in [1.29, 1.82) is 5.26 Å². The second-order valence-electron chi connectivity index (χ2n) is 1.45. The predicted octanol–water partition coefficient (Wildman–Crippen LogP) is 1.68. The van der Waals surface area contributed by atoms with E-state index in [1.807, 2.05) is 6.07 Å². The van der Waals surface area contributed by atoms with Crippen LogP contribution in [0.1, 0.15) is 5.69 Å². The van der Waals surface area contributed by atoms with Gasteiger partial charge in [-0.25, -0.2) is 0 Å². The van der Waals surface area contributed by atoms with E-state index in [-0.39, 0.29) is 5.69 Å². The molecule has 0 bridgehead atoms. The van der Waals surface area contributed by atoms with Gasteiger partial charge in [-0.15, -0.1) is 0 Å². The summed E-state index contributed by atoms with van der Waals surface area (Å²) >= 11 is 6.70. The smallest absolute Gasteiger partial charge is 0.213 e. The monoisotopic (exact) mass is 174 g/mol. The molecule has 0 aliphatic rings. The van der Waals surface area contributed by atoms with Crippen molar-refractivity contribution in [2.24, 2.45) is 0 Å². The van der Waals surface area contributed by atoms with Crippen molar-refractivity contribution in [2.75, 3.05) is 7.11 Å². The van der Waals surface area contributed by atoms with Gasteiger partial charge in [0.15, 0.2) is 5.69 Å². The lowest BCUT2D eigenvalue weighted by Crippen LogP contribution is -1.77. The van der Waals surface area contributed by atoms with Gasteiger partial charge in [0.05, 0.1) is 7.11 Å². The molecule has 0 saturated heterocycles. The highest BCUT2D eigenvalue weighted by Crippen LogP contribution is 2.31. The number of halogens is 1. The fourth-order valence-electron chi connectivity index (χ4n) is 0.460. The first-order chi connectivity index (χ1) is 4.79. The van der Waals surface area contributed by atoms with Crippen LogP contribution in [0.5, 0.6) is 5.06 Å². The van der Waals surface area contributed by atoms with Crippen molar-refractivity contribution in [3.8, 4) is 11.1 Å². The molecule has 1 aromatic rings. The largest absolute Gasteiger partial charge is 0.485 e. The Morgan fingerprint density at radius 2 is 2.50 bits per heavy atom. The maximum absolute atomic E-state index is 8.38. The first kappa shape index (κ1) is 7.32. The maximum atomic E-state index is 8.38. The second-order valence-corrected chi connectivity index (χ2v) is 2.56. The van der Waals surface area contributed by atoms with Crippen LogP contribution in [0.25, 0.3) is 0 Å². The summed E-state index contributed by atoms with van der Waals surface area (Å²) in [5.74, 6) is 0. The second kappa shape index (κ2) is 2.86. The molecule has 0 atom stereocenters. The maximum Gasteiger partial charge on any atom is 0.213 e. The van der Waals surface area contributed by atoms with Gasteiger partial charge in [0.1, 0.15) is 11.1 Å². The van der Waals surface area contributed by atoms with E-state index in [1.54, 1.807) is 0 Å². The summed E-state index contributed by atoms with van der Waals surface area (Å²) in [4.78, 5) is 0. The molecule has 0 amide bonds. The Labute approximate surface area is 67.0 Å². The molecule has 1 heterocycles. The molecule has 0 aliphatic carbocycles. The van der Waals surface area contributed by atoms with Crippen molar-refractivity contribution >= 4 is 23.1 Å². The molecule has 0 radical (unpaired) electrons. The van der Waals surface area contributed by atoms with E-state index in [1.165, 1.54) is 7.11 Å². The van der Waals surface area contributed by atoms with E-state index >= 15 is 0 Å². The summed E-state index contributed by atoms with van der Waals surface area (Å²) in [5, 5.41) is 9.17. The van der Waals surface area contributed by atoms with Crippen LogP contribution in [0.2, 0.25) is 5.02 Å². The molecule has 3 nitrogen and oxygen atoms in total. The van der Waals surface area contributed by atoms with Gasteiger partial charge < -0.3 is 4.74 Å². The molecule has 52 valence electrons. The predicted molar refractivity (Wildman–Crippen MR) is 38.4 cm³/mol. The van der Waals surface area contributed by atoms with Crippen molar-refractivity contribution in [2.45, 2.75) is 0 Å². The normalized spacial score (nSPS) is 8.90. The molecule has 1 aromatic heterocycles. The molecule has 0 spiro atoms. The lowest BCUT2D eigenvalue weighted by Gasteiger charge is -1.89. The SMILES string of the molecule is COc1snc(C#N)c1Cl. The number of hydrogen-bond acceptors (Lipinski definition) is 4. The van der Waals surface area contributed by atoms with Gasteiger partial charge in [0.2, 0.25) is 5.06 Å². The fraction of sp³-hybridized carbons (Fsp3) is 0.200. The summed E-state index contributed by atoms with van der Waals surface area (Å²) < 4.78 is 8.53. The minimum absolute atomic E-state index is 0.225. The van der Waals surface area contributed by atoms with Crippen LogP contribution in [0.4, 0.5) is 0 Å². The quantitative estimate of drug-likeness (QED) is 0.651. The topological polar surface area (TPSA) is 45.9 Å². The third kappa shape index (κ3) is 1.06. The lowest BCUT2D eigenvalue weighted by molar-refractivity contribution is 0.427. The van der Waals surface area contributed by atoms with E-state index in [4.69, 9.17) is 21.6 Å². The van der Waals surface area contributed by atoms with Gasteiger partial charge in [-0.2, -0.15) is 9.64 Å².